The van der Waals surface area contributed by atoms with Crippen molar-refractivity contribution in [3.05, 3.63) is 53.1 Å². The number of nitrogens with zero attached hydrogens (tertiary/aromatic N) is 1. The molecule has 2 aromatic carbocycles. The highest BCUT2D eigenvalue weighted by atomic mass is 35.5. The van der Waals surface area contributed by atoms with Gasteiger partial charge in [-0.25, -0.2) is 12.7 Å². The summed E-state index contributed by atoms with van der Waals surface area (Å²) in [6, 6.07) is 11.4. The molecule has 9 heteroatoms. The van der Waals surface area contributed by atoms with Crippen LogP contribution in [-0.4, -0.2) is 52.0 Å². The summed E-state index contributed by atoms with van der Waals surface area (Å²) in [5.41, 5.74) is 0.192. The average Bonchev–Trinajstić information content (AvgIpc) is 2.66. The number of nitrogens with one attached hydrogen (secondary N) is 1. The first-order valence-electron chi connectivity index (χ1n) is 8.18. The summed E-state index contributed by atoms with van der Waals surface area (Å²) >= 11 is 6.00. The second kappa shape index (κ2) is 7.75. The van der Waals surface area contributed by atoms with E-state index >= 15 is 0 Å². The third-order valence-corrected chi connectivity index (χ3v) is 6.31. The van der Waals surface area contributed by atoms with E-state index in [1.807, 2.05) is 18.2 Å². The van der Waals surface area contributed by atoms with E-state index in [2.05, 4.69) is 5.32 Å². The maximum absolute atomic E-state index is 12.4. The van der Waals surface area contributed by atoms with Crippen LogP contribution in [0, 0.1) is 0 Å². The van der Waals surface area contributed by atoms with E-state index in [0.717, 1.165) is 4.31 Å². The van der Waals surface area contributed by atoms with Crippen LogP contribution in [0.15, 0.2) is 47.4 Å². The van der Waals surface area contributed by atoms with Crippen LogP contribution < -0.4 is 14.8 Å². The Kier molecular flexibility index (Phi) is 5.59. The van der Waals surface area contributed by atoms with Crippen molar-refractivity contribution in [3.8, 4) is 11.5 Å². The minimum absolute atomic E-state index is 0.0564. The zero-order chi connectivity index (χ0) is 19.6. The molecule has 0 fully saturated rings. The number of hydrogen-bond acceptors (Lipinski definition) is 5. The summed E-state index contributed by atoms with van der Waals surface area (Å²) in [5.74, 6) is 0.856. The van der Waals surface area contributed by atoms with Crippen LogP contribution in [0.4, 0.5) is 0 Å². The van der Waals surface area contributed by atoms with Gasteiger partial charge in [0.05, 0.1) is 11.6 Å². The molecule has 0 saturated heterocycles. The normalized spacial score (nSPS) is 16.2. The van der Waals surface area contributed by atoms with E-state index in [1.165, 1.54) is 32.3 Å². The highest BCUT2D eigenvalue weighted by Crippen LogP contribution is 2.30. The fourth-order valence-electron chi connectivity index (χ4n) is 2.51. The van der Waals surface area contributed by atoms with Crippen LogP contribution in [0.3, 0.4) is 0 Å². The molecule has 0 aliphatic carbocycles. The molecule has 0 bridgehead atoms. The molecule has 1 amide bonds. The molecule has 0 saturated carbocycles. The van der Waals surface area contributed by atoms with E-state index < -0.39 is 15.9 Å². The summed E-state index contributed by atoms with van der Waals surface area (Å²) in [5, 5.41) is 2.79. The topological polar surface area (TPSA) is 84.9 Å². The first-order valence-corrected chi connectivity index (χ1v) is 9.99. The van der Waals surface area contributed by atoms with Gasteiger partial charge in [-0.2, -0.15) is 0 Å². The van der Waals surface area contributed by atoms with Gasteiger partial charge in [0, 0.05) is 19.7 Å². The van der Waals surface area contributed by atoms with E-state index in [4.69, 9.17) is 21.1 Å². The molecule has 1 aliphatic rings. The lowest BCUT2D eigenvalue weighted by atomic mass is 10.2. The fraction of sp³-hybridized carbons (Fsp3) is 0.278. The minimum atomic E-state index is -3.76. The summed E-state index contributed by atoms with van der Waals surface area (Å²) in [4.78, 5) is 12.3. The molecular weight excluding hydrogens is 392 g/mol. The SMILES string of the molecule is CN(C)S(=O)(=O)c1cc(C(=O)NCC2COc3ccccc3O2)ccc1Cl. The number of para-hydroxylation sites is 2. The van der Waals surface area contributed by atoms with Crippen LogP contribution >= 0.6 is 11.6 Å². The van der Waals surface area contributed by atoms with Crippen LogP contribution in [0.1, 0.15) is 10.4 Å². The monoisotopic (exact) mass is 410 g/mol. The second-order valence-corrected chi connectivity index (χ2v) is 8.67. The maximum Gasteiger partial charge on any atom is 0.251 e. The van der Waals surface area contributed by atoms with Crippen LogP contribution in [0.5, 0.6) is 11.5 Å². The Morgan fingerprint density at radius 2 is 1.93 bits per heavy atom. The Morgan fingerprint density at radius 3 is 2.63 bits per heavy atom. The molecule has 3 rings (SSSR count). The number of amides is 1. The van der Waals surface area contributed by atoms with Gasteiger partial charge in [0.15, 0.2) is 11.5 Å². The van der Waals surface area contributed by atoms with E-state index in [0.29, 0.717) is 18.1 Å². The summed E-state index contributed by atoms with van der Waals surface area (Å²) in [7, 11) is -0.957. The number of carbonyl (C=O) groups excluding carboxylic acids is 1. The quantitative estimate of drug-likeness (QED) is 0.816. The first-order chi connectivity index (χ1) is 12.8. The number of ether oxygens (including phenoxy) is 2. The number of carbonyl (C=O) groups is 1. The molecule has 0 radical (unpaired) electrons. The van der Waals surface area contributed by atoms with Gasteiger partial charge in [-0.3, -0.25) is 4.79 Å². The third-order valence-electron chi connectivity index (χ3n) is 4.01. The molecule has 0 aromatic heterocycles. The average molecular weight is 411 g/mol. The fourth-order valence-corrected chi connectivity index (χ4v) is 3.91. The maximum atomic E-state index is 12.4. The zero-order valence-corrected chi connectivity index (χ0v) is 16.4. The molecule has 144 valence electrons. The standard InChI is InChI=1S/C18H19ClN2O5S/c1-21(2)27(23,24)17-9-12(7-8-14(17)19)18(22)20-10-13-11-25-15-5-3-4-6-16(15)26-13/h3-9,13H,10-11H2,1-2H3,(H,20,22). The van der Waals surface area contributed by atoms with Crippen molar-refractivity contribution < 1.29 is 22.7 Å². The van der Waals surface area contributed by atoms with E-state index in [-0.39, 0.29) is 28.1 Å². The Balaban J connectivity index is 1.69. The lowest BCUT2D eigenvalue weighted by Crippen LogP contribution is -2.40. The minimum Gasteiger partial charge on any atom is -0.486 e. The van der Waals surface area contributed by atoms with Gasteiger partial charge in [-0.05, 0) is 30.3 Å². The number of halogens is 1. The zero-order valence-electron chi connectivity index (χ0n) is 14.8. The van der Waals surface area contributed by atoms with Gasteiger partial charge in [0.2, 0.25) is 10.0 Å². The molecule has 7 nitrogen and oxygen atoms in total. The van der Waals surface area contributed by atoms with Crippen molar-refractivity contribution in [2.75, 3.05) is 27.2 Å². The van der Waals surface area contributed by atoms with Crippen LogP contribution in [0.2, 0.25) is 5.02 Å². The molecule has 1 heterocycles. The molecular formula is C18H19ClN2O5S. The molecule has 2 aromatic rings. The third kappa shape index (κ3) is 4.18. The number of rotatable bonds is 5. The van der Waals surface area contributed by atoms with Crippen LogP contribution in [-0.2, 0) is 10.0 Å². The Hall–Kier alpha value is -2.29. The van der Waals surface area contributed by atoms with Crippen molar-refractivity contribution >= 4 is 27.5 Å². The summed E-state index contributed by atoms with van der Waals surface area (Å²) in [6.07, 6.45) is -0.346. The van der Waals surface area contributed by atoms with Gasteiger partial charge in [0.25, 0.3) is 5.91 Å². The predicted octanol–water partition coefficient (Wildman–Crippen LogP) is 2.16. The molecule has 1 aliphatic heterocycles. The summed E-state index contributed by atoms with van der Waals surface area (Å²) < 4.78 is 37.1. The van der Waals surface area contributed by atoms with Crippen molar-refractivity contribution in [2.45, 2.75) is 11.0 Å². The lowest BCUT2D eigenvalue weighted by molar-refractivity contribution is 0.0789. The van der Waals surface area contributed by atoms with Gasteiger partial charge >= 0.3 is 0 Å². The molecule has 0 spiro atoms. The molecule has 1 N–H and O–H groups in total. The van der Waals surface area contributed by atoms with Crippen molar-refractivity contribution in [2.24, 2.45) is 0 Å². The Morgan fingerprint density at radius 1 is 1.22 bits per heavy atom. The first kappa shape index (κ1) is 19.5. The molecule has 1 unspecified atom stereocenters. The molecule has 1 atom stereocenters. The molecule has 27 heavy (non-hydrogen) atoms. The van der Waals surface area contributed by atoms with Gasteiger partial charge in [-0.1, -0.05) is 23.7 Å². The Bertz CT molecular complexity index is 962. The summed E-state index contributed by atoms with van der Waals surface area (Å²) in [6.45, 7) is 0.518. The van der Waals surface area contributed by atoms with E-state index in [1.54, 1.807) is 6.07 Å². The number of sulfonamides is 1. The van der Waals surface area contributed by atoms with Crippen molar-refractivity contribution in [1.29, 1.82) is 0 Å². The van der Waals surface area contributed by atoms with Gasteiger partial charge < -0.3 is 14.8 Å². The number of hydrogen-bond donors (Lipinski definition) is 1. The highest BCUT2D eigenvalue weighted by molar-refractivity contribution is 7.89. The Labute approximate surface area is 162 Å². The van der Waals surface area contributed by atoms with Gasteiger partial charge in [-0.15, -0.1) is 0 Å². The predicted molar refractivity (Wildman–Crippen MR) is 101 cm³/mol. The smallest absolute Gasteiger partial charge is 0.251 e. The highest BCUT2D eigenvalue weighted by Gasteiger charge is 2.24. The number of fused-ring (bicyclic) bond motifs is 1. The second-order valence-electron chi connectivity index (χ2n) is 6.14. The van der Waals surface area contributed by atoms with Crippen molar-refractivity contribution in [1.82, 2.24) is 9.62 Å². The van der Waals surface area contributed by atoms with Crippen molar-refractivity contribution in [3.63, 3.8) is 0 Å². The lowest BCUT2D eigenvalue weighted by Gasteiger charge is -2.26. The van der Waals surface area contributed by atoms with Gasteiger partial charge in [0.1, 0.15) is 17.6 Å². The van der Waals surface area contributed by atoms with Crippen LogP contribution in [0.25, 0.3) is 0 Å². The largest absolute Gasteiger partial charge is 0.486 e. The number of benzene rings is 2. The van der Waals surface area contributed by atoms with E-state index in [9.17, 15) is 13.2 Å².